The summed E-state index contributed by atoms with van der Waals surface area (Å²) in [6.07, 6.45) is 0. The summed E-state index contributed by atoms with van der Waals surface area (Å²) >= 11 is 1.79. The Kier molecular flexibility index (Phi) is 4.36. The van der Waals surface area contributed by atoms with E-state index in [2.05, 4.69) is 103 Å². The molecule has 0 radical (unpaired) electrons. The van der Waals surface area contributed by atoms with Gasteiger partial charge in [-0.25, -0.2) is 0 Å². The number of nitrogens with one attached hydrogen (secondary N) is 1. The fraction of sp³-hybridized carbons (Fsp3) is 0.0435. The highest BCUT2D eigenvalue weighted by atomic mass is 32.1. The SMILES string of the molecule is Cc1ccsc1-c1ccccc1Nc1ccccc1-c1ccccc1. The normalized spacial score (nSPS) is 10.6. The van der Waals surface area contributed by atoms with Crippen molar-refractivity contribution in [3.05, 3.63) is 95.9 Å². The molecule has 1 aromatic heterocycles. The maximum Gasteiger partial charge on any atom is 0.0472 e. The molecule has 0 bridgehead atoms. The van der Waals surface area contributed by atoms with Gasteiger partial charge in [0.2, 0.25) is 0 Å². The van der Waals surface area contributed by atoms with Gasteiger partial charge in [-0.15, -0.1) is 11.3 Å². The van der Waals surface area contributed by atoms with Gasteiger partial charge in [-0.3, -0.25) is 0 Å². The van der Waals surface area contributed by atoms with Crippen LogP contribution in [0.2, 0.25) is 0 Å². The van der Waals surface area contributed by atoms with Crippen LogP contribution in [0.25, 0.3) is 21.6 Å². The molecular weight excluding hydrogens is 322 g/mol. The van der Waals surface area contributed by atoms with Crippen molar-refractivity contribution in [2.45, 2.75) is 6.92 Å². The molecule has 0 fully saturated rings. The van der Waals surface area contributed by atoms with Crippen LogP contribution in [-0.2, 0) is 0 Å². The molecule has 0 aliphatic rings. The van der Waals surface area contributed by atoms with Crippen LogP contribution in [0, 0.1) is 6.92 Å². The van der Waals surface area contributed by atoms with Crippen molar-refractivity contribution >= 4 is 22.7 Å². The fourth-order valence-corrected chi connectivity index (χ4v) is 4.01. The molecule has 0 aliphatic carbocycles. The van der Waals surface area contributed by atoms with Gasteiger partial charge >= 0.3 is 0 Å². The third-order valence-corrected chi connectivity index (χ3v) is 5.36. The van der Waals surface area contributed by atoms with Gasteiger partial charge in [0.25, 0.3) is 0 Å². The first-order valence-electron chi connectivity index (χ1n) is 8.38. The molecule has 0 aliphatic heterocycles. The van der Waals surface area contributed by atoms with Crippen LogP contribution in [0.4, 0.5) is 11.4 Å². The van der Waals surface area contributed by atoms with Crippen LogP contribution in [0.3, 0.4) is 0 Å². The molecule has 1 nitrogen and oxygen atoms in total. The Hall–Kier alpha value is -2.84. The minimum Gasteiger partial charge on any atom is -0.354 e. The van der Waals surface area contributed by atoms with Crippen LogP contribution >= 0.6 is 11.3 Å². The summed E-state index contributed by atoms with van der Waals surface area (Å²) in [5.74, 6) is 0. The summed E-state index contributed by atoms with van der Waals surface area (Å²) in [6.45, 7) is 2.17. The Bertz CT molecular complexity index is 986. The summed E-state index contributed by atoms with van der Waals surface area (Å²) in [4.78, 5) is 1.32. The summed E-state index contributed by atoms with van der Waals surface area (Å²) in [6, 6.07) is 29.7. The van der Waals surface area contributed by atoms with Crippen LogP contribution in [0.5, 0.6) is 0 Å². The third kappa shape index (κ3) is 3.21. The van der Waals surface area contributed by atoms with Crippen LogP contribution in [-0.4, -0.2) is 0 Å². The first-order chi connectivity index (χ1) is 12.3. The smallest absolute Gasteiger partial charge is 0.0472 e. The van der Waals surface area contributed by atoms with Crippen LogP contribution in [0.1, 0.15) is 5.56 Å². The molecule has 0 atom stereocenters. The Morgan fingerprint density at radius 3 is 1.92 bits per heavy atom. The molecule has 0 unspecified atom stereocenters. The van der Waals surface area contributed by atoms with Gasteiger partial charge in [0.15, 0.2) is 0 Å². The molecule has 0 amide bonds. The molecule has 1 heterocycles. The number of anilines is 2. The first kappa shape index (κ1) is 15.7. The zero-order valence-corrected chi connectivity index (χ0v) is 14.9. The highest BCUT2D eigenvalue weighted by Gasteiger charge is 2.11. The van der Waals surface area contributed by atoms with E-state index in [0.29, 0.717) is 0 Å². The lowest BCUT2D eigenvalue weighted by molar-refractivity contribution is 1.50. The highest BCUT2D eigenvalue weighted by molar-refractivity contribution is 7.13. The van der Waals surface area contributed by atoms with Crippen molar-refractivity contribution in [3.63, 3.8) is 0 Å². The second-order valence-electron chi connectivity index (χ2n) is 6.01. The summed E-state index contributed by atoms with van der Waals surface area (Å²) < 4.78 is 0. The average molecular weight is 341 g/mol. The Morgan fingerprint density at radius 2 is 1.24 bits per heavy atom. The summed E-state index contributed by atoms with van der Waals surface area (Å²) in [5, 5.41) is 5.81. The van der Waals surface area contributed by atoms with Crippen molar-refractivity contribution in [1.82, 2.24) is 0 Å². The van der Waals surface area contributed by atoms with Crippen molar-refractivity contribution in [1.29, 1.82) is 0 Å². The minimum atomic E-state index is 1.12. The Morgan fingerprint density at radius 1 is 0.640 bits per heavy atom. The van der Waals surface area contributed by atoms with Crippen molar-refractivity contribution in [2.75, 3.05) is 5.32 Å². The molecule has 1 N–H and O–H groups in total. The zero-order valence-electron chi connectivity index (χ0n) is 14.1. The minimum absolute atomic E-state index is 1.12. The van der Waals surface area contributed by atoms with E-state index >= 15 is 0 Å². The third-order valence-electron chi connectivity index (χ3n) is 4.31. The van der Waals surface area contributed by atoms with Crippen molar-refractivity contribution < 1.29 is 0 Å². The number of para-hydroxylation sites is 2. The number of hydrogen-bond donors (Lipinski definition) is 1. The van der Waals surface area contributed by atoms with Crippen LogP contribution in [0.15, 0.2) is 90.3 Å². The summed E-state index contributed by atoms with van der Waals surface area (Å²) in [7, 11) is 0. The standard InChI is InChI=1S/C23H19NS/c1-17-15-16-25-23(17)20-12-6-8-14-22(20)24-21-13-7-5-11-19(21)18-9-3-2-4-10-18/h2-16,24H,1H3. The monoisotopic (exact) mass is 341 g/mol. The molecule has 0 saturated carbocycles. The van der Waals surface area contributed by atoms with Crippen molar-refractivity contribution in [2.24, 2.45) is 0 Å². The van der Waals surface area contributed by atoms with Gasteiger partial charge in [-0.1, -0.05) is 66.7 Å². The van der Waals surface area contributed by atoms with E-state index in [1.165, 1.54) is 27.1 Å². The molecule has 0 saturated heterocycles. The molecule has 4 rings (SSSR count). The van der Waals surface area contributed by atoms with Gasteiger partial charge in [-0.05, 0) is 41.6 Å². The number of benzene rings is 3. The molecule has 2 heteroatoms. The lowest BCUT2D eigenvalue weighted by Crippen LogP contribution is -1.95. The zero-order chi connectivity index (χ0) is 17.1. The van der Waals surface area contributed by atoms with Gasteiger partial charge < -0.3 is 5.32 Å². The Labute approximate surface area is 152 Å². The van der Waals surface area contributed by atoms with E-state index < -0.39 is 0 Å². The molecule has 122 valence electrons. The number of thiophene rings is 1. The number of rotatable bonds is 4. The van der Waals surface area contributed by atoms with Crippen LogP contribution < -0.4 is 5.32 Å². The van der Waals surface area contributed by atoms with Crippen molar-refractivity contribution in [3.8, 4) is 21.6 Å². The van der Waals surface area contributed by atoms with Gasteiger partial charge in [0.05, 0.1) is 0 Å². The molecule has 3 aromatic carbocycles. The second kappa shape index (κ2) is 6.96. The van der Waals surface area contributed by atoms with E-state index in [1.807, 2.05) is 0 Å². The average Bonchev–Trinajstić information content (AvgIpc) is 3.09. The first-order valence-corrected chi connectivity index (χ1v) is 9.26. The van der Waals surface area contributed by atoms with E-state index in [4.69, 9.17) is 0 Å². The van der Waals surface area contributed by atoms with E-state index in [9.17, 15) is 0 Å². The lowest BCUT2D eigenvalue weighted by Gasteiger charge is -2.15. The predicted molar refractivity (Wildman–Crippen MR) is 110 cm³/mol. The van der Waals surface area contributed by atoms with Gasteiger partial charge in [0.1, 0.15) is 0 Å². The van der Waals surface area contributed by atoms with Gasteiger partial charge in [-0.2, -0.15) is 0 Å². The number of hydrogen-bond acceptors (Lipinski definition) is 2. The molecule has 4 aromatic rings. The maximum atomic E-state index is 3.66. The maximum absolute atomic E-state index is 3.66. The largest absolute Gasteiger partial charge is 0.354 e. The fourth-order valence-electron chi connectivity index (χ4n) is 3.05. The highest BCUT2D eigenvalue weighted by Crippen LogP contribution is 2.37. The van der Waals surface area contributed by atoms with Gasteiger partial charge in [0, 0.05) is 27.4 Å². The Balaban J connectivity index is 1.77. The molecule has 0 spiro atoms. The number of aryl methyl sites for hydroxylation is 1. The second-order valence-corrected chi connectivity index (χ2v) is 6.93. The van der Waals surface area contributed by atoms with E-state index in [0.717, 1.165) is 11.4 Å². The molecule has 25 heavy (non-hydrogen) atoms. The molecular formula is C23H19NS. The summed E-state index contributed by atoms with van der Waals surface area (Å²) in [5.41, 5.74) is 7.25. The topological polar surface area (TPSA) is 12.0 Å². The predicted octanol–water partition coefficient (Wildman–Crippen LogP) is 7.13. The lowest BCUT2D eigenvalue weighted by atomic mass is 10.0. The quantitative estimate of drug-likeness (QED) is 0.416. The van der Waals surface area contributed by atoms with E-state index in [-0.39, 0.29) is 0 Å². The van der Waals surface area contributed by atoms with E-state index in [1.54, 1.807) is 11.3 Å².